The van der Waals surface area contributed by atoms with Crippen LogP contribution in [-0.4, -0.2) is 10.9 Å². The fraction of sp³-hybridized carbons (Fsp3) is 0.455. The molecule has 64 valence electrons. The average molecular weight is 163 g/mol. The van der Waals surface area contributed by atoms with Gasteiger partial charge in [-0.25, -0.2) is 0 Å². The molecular weight excluding hydrogens is 146 g/mol. The molecule has 1 aliphatic rings. The van der Waals surface area contributed by atoms with Crippen LogP contribution in [0.25, 0.3) is 0 Å². The maximum Gasteiger partial charge on any atom is 0.0626 e. The standard InChI is InChI=1S/C11H15N/c1-9(2)12-7-10-5-3-4-6-11(10)8-12/h3-6,9H,7-8H2,1-2H3/i5T. The number of benzene rings is 1. The summed E-state index contributed by atoms with van der Waals surface area (Å²) in [7, 11) is 0. The quantitative estimate of drug-likeness (QED) is 0.614. The SMILES string of the molecule is [3H]c1cccc2c1CN(C(C)C)C2. The van der Waals surface area contributed by atoms with Crippen LogP contribution in [0.4, 0.5) is 0 Å². The van der Waals surface area contributed by atoms with Gasteiger partial charge in [0.2, 0.25) is 0 Å². The molecular formula is C11H15N. The number of nitrogens with zero attached hydrogens (tertiary/aromatic N) is 1. The van der Waals surface area contributed by atoms with Crippen LogP contribution in [0.1, 0.15) is 26.3 Å². The number of hydrogen-bond donors (Lipinski definition) is 0. The third-order valence-corrected chi connectivity index (χ3v) is 2.50. The van der Waals surface area contributed by atoms with Crippen molar-refractivity contribution in [2.45, 2.75) is 33.0 Å². The Bertz CT molecular complexity index is 320. The van der Waals surface area contributed by atoms with Gasteiger partial charge in [-0.05, 0) is 25.0 Å². The summed E-state index contributed by atoms with van der Waals surface area (Å²) in [5, 5.41) is 0. The predicted molar refractivity (Wildman–Crippen MR) is 50.8 cm³/mol. The summed E-state index contributed by atoms with van der Waals surface area (Å²) in [5.41, 5.74) is 2.55. The first kappa shape index (κ1) is 6.67. The summed E-state index contributed by atoms with van der Waals surface area (Å²) < 4.78 is 7.76. The third-order valence-electron chi connectivity index (χ3n) is 2.50. The maximum absolute atomic E-state index is 7.76. The van der Waals surface area contributed by atoms with Gasteiger partial charge in [0, 0.05) is 19.1 Å². The number of rotatable bonds is 1. The molecule has 0 aliphatic carbocycles. The average Bonchev–Trinajstić information content (AvgIpc) is 2.49. The van der Waals surface area contributed by atoms with Crippen LogP contribution in [0.5, 0.6) is 0 Å². The first-order valence-electron chi connectivity index (χ1n) is 5.00. The van der Waals surface area contributed by atoms with Crippen LogP contribution in [-0.2, 0) is 13.1 Å². The molecule has 1 aromatic rings. The highest BCUT2D eigenvalue weighted by molar-refractivity contribution is 5.30. The summed E-state index contributed by atoms with van der Waals surface area (Å²) >= 11 is 0. The smallest absolute Gasteiger partial charge is 0.0626 e. The fourth-order valence-corrected chi connectivity index (χ4v) is 1.64. The van der Waals surface area contributed by atoms with Crippen LogP contribution in [0, 0.1) is 0 Å². The molecule has 1 aromatic carbocycles. The largest absolute Gasteiger partial charge is 0.292 e. The van der Waals surface area contributed by atoms with Gasteiger partial charge < -0.3 is 0 Å². The lowest BCUT2D eigenvalue weighted by Gasteiger charge is -2.18. The van der Waals surface area contributed by atoms with E-state index in [1.807, 2.05) is 12.1 Å². The molecule has 0 saturated carbocycles. The molecule has 1 aliphatic heterocycles. The molecule has 0 amide bonds. The zero-order chi connectivity index (χ0) is 9.42. The molecule has 0 aromatic heterocycles. The van der Waals surface area contributed by atoms with Crippen LogP contribution in [0.2, 0.25) is 0 Å². The van der Waals surface area contributed by atoms with E-state index in [1.165, 1.54) is 11.1 Å². The van der Waals surface area contributed by atoms with Gasteiger partial charge >= 0.3 is 0 Å². The Balaban J connectivity index is 2.30. The molecule has 0 saturated heterocycles. The molecule has 12 heavy (non-hydrogen) atoms. The van der Waals surface area contributed by atoms with Crippen molar-refractivity contribution in [3.05, 3.63) is 35.4 Å². The fourth-order valence-electron chi connectivity index (χ4n) is 1.64. The van der Waals surface area contributed by atoms with Crippen LogP contribution in [0.3, 0.4) is 0 Å². The maximum atomic E-state index is 7.76. The molecule has 2 rings (SSSR count). The second-order valence-corrected chi connectivity index (χ2v) is 3.67. The molecule has 0 unspecified atom stereocenters. The molecule has 0 spiro atoms. The normalized spacial score (nSPS) is 18.1. The zero-order valence-electron chi connectivity index (χ0n) is 8.67. The second kappa shape index (κ2) is 2.91. The molecule has 0 bridgehead atoms. The van der Waals surface area contributed by atoms with Gasteiger partial charge in [0.05, 0.1) is 1.37 Å². The van der Waals surface area contributed by atoms with E-state index in [-0.39, 0.29) is 0 Å². The van der Waals surface area contributed by atoms with Crippen molar-refractivity contribution in [2.24, 2.45) is 0 Å². The summed E-state index contributed by atoms with van der Waals surface area (Å²) in [6.07, 6.45) is 0. The van der Waals surface area contributed by atoms with Gasteiger partial charge in [-0.2, -0.15) is 0 Å². The van der Waals surface area contributed by atoms with Crippen LogP contribution < -0.4 is 0 Å². The topological polar surface area (TPSA) is 3.24 Å². The van der Waals surface area contributed by atoms with E-state index in [1.54, 1.807) is 0 Å². The highest BCUT2D eigenvalue weighted by Gasteiger charge is 2.19. The van der Waals surface area contributed by atoms with Gasteiger partial charge in [0.1, 0.15) is 0 Å². The zero-order valence-corrected chi connectivity index (χ0v) is 7.67. The monoisotopic (exact) mass is 163 g/mol. The van der Waals surface area contributed by atoms with Crippen molar-refractivity contribution in [1.29, 1.82) is 0 Å². The van der Waals surface area contributed by atoms with Crippen molar-refractivity contribution in [3.8, 4) is 0 Å². The third kappa shape index (κ3) is 1.25. The van der Waals surface area contributed by atoms with E-state index in [4.69, 9.17) is 1.37 Å². The first-order chi connectivity index (χ1) is 6.18. The number of hydrogen-bond acceptors (Lipinski definition) is 1. The molecule has 0 fully saturated rings. The summed E-state index contributed by atoms with van der Waals surface area (Å²) in [6.45, 7) is 6.37. The molecule has 0 radical (unpaired) electrons. The molecule has 1 heterocycles. The van der Waals surface area contributed by atoms with Crippen molar-refractivity contribution in [2.75, 3.05) is 0 Å². The van der Waals surface area contributed by atoms with E-state index in [0.29, 0.717) is 12.1 Å². The Hall–Kier alpha value is -0.820. The van der Waals surface area contributed by atoms with Crippen LogP contribution >= 0.6 is 0 Å². The Morgan fingerprint density at radius 1 is 1.33 bits per heavy atom. The molecule has 1 nitrogen and oxygen atoms in total. The lowest BCUT2D eigenvalue weighted by Crippen LogP contribution is -2.24. The minimum absolute atomic E-state index is 0.576. The Morgan fingerprint density at radius 2 is 2.08 bits per heavy atom. The molecule has 1 heteroatoms. The highest BCUT2D eigenvalue weighted by Crippen LogP contribution is 2.23. The van der Waals surface area contributed by atoms with E-state index in [0.717, 1.165) is 13.1 Å². The van der Waals surface area contributed by atoms with E-state index in [9.17, 15) is 0 Å². The van der Waals surface area contributed by atoms with Gasteiger partial charge in [-0.3, -0.25) is 4.90 Å². The van der Waals surface area contributed by atoms with Gasteiger partial charge in [-0.15, -0.1) is 0 Å². The summed E-state index contributed by atoms with van der Waals surface area (Å²) in [4.78, 5) is 2.39. The van der Waals surface area contributed by atoms with Gasteiger partial charge in [-0.1, -0.05) is 24.2 Å². The van der Waals surface area contributed by atoms with Crippen molar-refractivity contribution in [3.63, 3.8) is 0 Å². The minimum Gasteiger partial charge on any atom is -0.292 e. The van der Waals surface area contributed by atoms with E-state index >= 15 is 0 Å². The summed E-state index contributed by atoms with van der Waals surface area (Å²) in [5.74, 6) is 0. The first-order valence-corrected chi connectivity index (χ1v) is 4.50. The van der Waals surface area contributed by atoms with Crippen molar-refractivity contribution in [1.82, 2.24) is 4.90 Å². The van der Waals surface area contributed by atoms with Crippen LogP contribution in [0.15, 0.2) is 24.2 Å². The highest BCUT2D eigenvalue weighted by atomic mass is 15.2. The van der Waals surface area contributed by atoms with E-state index in [2.05, 4.69) is 24.8 Å². The Labute approximate surface area is 75.4 Å². The molecule has 0 atom stereocenters. The number of fused-ring (bicyclic) bond motifs is 1. The Morgan fingerprint density at radius 3 is 2.75 bits per heavy atom. The lowest BCUT2D eigenvalue weighted by molar-refractivity contribution is 0.227. The predicted octanol–water partition coefficient (Wildman–Crippen LogP) is 2.41. The van der Waals surface area contributed by atoms with E-state index < -0.39 is 0 Å². The summed E-state index contributed by atoms with van der Waals surface area (Å²) in [6, 6.07) is 7.26. The van der Waals surface area contributed by atoms with Gasteiger partial charge in [0.15, 0.2) is 0 Å². The Kier molecular flexibility index (Phi) is 1.62. The van der Waals surface area contributed by atoms with Gasteiger partial charge in [0.25, 0.3) is 0 Å². The minimum atomic E-state index is 0.576. The molecule has 0 N–H and O–H groups in total. The van der Waals surface area contributed by atoms with Crippen molar-refractivity contribution >= 4 is 0 Å². The lowest BCUT2D eigenvalue weighted by atomic mass is 10.1. The van der Waals surface area contributed by atoms with Crippen molar-refractivity contribution < 1.29 is 1.37 Å². The second-order valence-electron chi connectivity index (χ2n) is 3.67.